The summed E-state index contributed by atoms with van der Waals surface area (Å²) in [6, 6.07) is 0.335. The number of hydrogen-bond donors (Lipinski definition) is 2. The van der Waals surface area contributed by atoms with Gasteiger partial charge in [0.15, 0.2) is 15.8 Å². The number of unbranched alkanes of at least 4 members (excludes halogenated alkanes) is 3. The van der Waals surface area contributed by atoms with Gasteiger partial charge < -0.3 is 10.6 Å². The van der Waals surface area contributed by atoms with Crippen LogP contribution in [0.5, 0.6) is 0 Å². The molecule has 0 bridgehead atoms. The van der Waals surface area contributed by atoms with E-state index in [1.807, 2.05) is 0 Å². The summed E-state index contributed by atoms with van der Waals surface area (Å²) in [5.41, 5.74) is 0. The van der Waals surface area contributed by atoms with Gasteiger partial charge in [0.1, 0.15) is 0 Å². The Balaban J connectivity index is 0. The lowest BCUT2D eigenvalue weighted by Gasteiger charge is -2.21. The van der Waals surface area contributed by atoms with Gasteiger partial charge in [0, 0.05) is 19.6 Å². The Kier molecular flexibility index (Phi) is 13.5. The molecule has 0 saturated heterocycles. The maximum Gasteiger partial charge on any atom is 0.191 e. The average Bonchev–Trinajstić information content (AvgIpc) is 2.41. The molecule has 7 heteroatoms. The van der Waals surface area contributed by atoms with E-state index in [1.54, 1.807) is 27.8 Å². The van der Waals surface area contributed by atoms with Gasteiger partial charge in [-0.25, -0.2) is 8.42 Å². The van der Waals surface area contributed by atoms with Crippen molar-refractivity contribution in [2.24, 2.45) is 4.99 Å². The molecule has 2 N–H and O–H groups in total. The molecule has 0 aliphatic heterocycles. The van der Waals surface area contributed by atoms with Gasteiger partial charge >= 0.3 is 0 Å². The molecule has 0 aromatic heterocycles. The van der Waals surface area contributed by atoms with Crippen LogP contribution in [0, 0.1) is 0 Å². The summed E-state index contributed by atoms with van der Waals surface area (Å²) in [7, 11) is -1.39. The third-order valence-electron chi connectivity index (χ3n) is 3.69. The van der Waals surface area contributed by atoms with E-state index >= 15 is 0 Å². The lowest BCUT2D eigenvalue weighted by Crippen LogP contribution is -2.44. The molecule has 0 rings (SSSR count). The van der Waals surface area contributed by atoms with Gasteiger partial charge in [0.05, 0.1) is 10.5 Å². The third-order valence-corrected chi connectivity index (χ3v) is 6.30. The van der Waals surface area contributed by atoms with Crippen LogP contribution < -0.4 is 10.6 Å². The van der Waals surface area contributed by atoms with Crippen LogP contribution >= 0.6 is 24.0 Å². The summed E-state index contributed by atoms with van der Waals surface area (Å²) in [5.74, 6) is 0.786. The van der Waals surface area contributed by atoms with Crippen LogP contribution in [0.3, 0.4) is 0 Å². The molecule has 0 aromatic carbocycles. The largest absolute Gasteiger partial charge is 0.355 e. The Morgan fingerprint density at radius 3 is 2.26 bits per heavy atom. The highest BCUT2D eigenvalue weighted by atomic mass is 127. The lowest BCUT2D eigenvalue weighted by atomic mass is 10.1. The molecule has 0 spiro atoms. The van der Waals surface area contributed by atoms with E-state index in [2.05, 4.69) is 29.5 Å². The second-order valence-corrected chi connectivity index (χ2v) is 9.69. The first-order valence-electron chi connectivity index (χ1n) is 8.33. The molecule has 23 heavy (non-hydrogen) atoms. The smallest absolute Gasteiger partial charge is 0.191 e. The summed E-state index contributed by atoms with van der Waals surface area (Å²) in [6.07, 6.45) is 6.09. The molecular formula is C16H36IN3O2S. The highest BCUT2D eigenvalue weighted by Gasteiger charge is 2.28. The predicted molar refractivity (Wildman–Crippen MR) is 112 cm³/mol. The molecule has 0 heterocycles. The zero-order valence-electron chi connectivity index (χ0n) is 15.6. The Bertz CT molecular complexity index is 431. The van der Waals surface area contributed by atoms with Crippen LogP contribution in [0.25, 0.3) is 0 Å². The highest BCUT2D eigenvalue weighted by molar-refractivity contribution is 14.0. The molecule has 1 unspecified atom stereocenters. The molecule has 0 aromatic rings. The van der Waals surface area contributed by atoms with Crippen molar-refractivity contribution in [1.29, 1.82) is 0 Å². The van der Waals surface area contributed by atoms with Crippen LogP contribution in [0.15, 0.2) is 4.99 Å². The normalized spacial score (nSPS) is 14.1. The maximum absolute atomic E-state index is 12.0. The monoisotopic (exact) mass is 461 g/mol. The SMILES string of the molecule is CCCCCCC(C)NC(=NC)NCCS(=O)(=O)C(C)(C)C.I. The lowest BCUT2D eigenvalue weighted by molar-refractivity contribution is 0.537. The van der Waals surface area contributed by atoms with Gasteiger partial charge in [-0.05, 0) is 34.1 Å². The van der Waals surface area contributed by atoms with E-state index in [0.29, 0.717) is 18.5 Å². The number of nitrogens with one attached hydrogen (secondary N) is 2. The number of hydrogen-bond acceptors (Lipinski definition) is 3. The van der Waals surface area contributed by atoms with Gasteiger partial charge in [0.25, 0.3) is 0 Å². The Hall–Kier alpha value is -0.0500. The minimum atomic E-state index is -3.10. The van der Waals surface area contributed by atoms with Crippen LogP contribution in [-0.2, 0) is 9.84 Å². The predicted octanol–water partition coefficient (Wildman–Crippen LogP) is 3.34. The Morgan fingerprint density at radius 1 is 1.17 bits per heavy atom. The van der Waals surface area contributed by atoms with Crippen molar-refractivity contribution in [2.45, 2.75) is 77.5 Å². The summed E-state index contributed by atoms with van der Waals surface area (Å²) in [5, 5.41) is 6.40. The zero-order valence-corrected chi connectivity index (χ0v) is 18.8. The minimum absolute atomic E-state index is 0. The van der Waals surface area contributed by atoms with Gasteiger partial charge in [-0.15, -0.1) is 24.0 Å². The first kappa shape index (κ1) is 25.2. The van der Waals surface area contributed by atoms with Crippen LogP contribution in [0.1, 0.15) is 66.7 Å². The van der Waals surface area contributed by atoms with Gasteiger partial charge in [-0.1, -0.05) is 32.6 Å². The molecule has 140 valence electrons. The fourth-order valence-electron chi connectivity index (χ4n) is 1.99. The van der Waals surface area contributed by atoms with Crippen molar-refractivity contribution in [3.05, 3.63) is 0 Å². The Labute approximate surface area is 160 Å². The van der Waals surface area contributed by atoms with E-state index in [0.717, 1.165) is 6.42 Å². The van der Waals surface area contributed by atoms with E-state index in [9.17, 15) is 8.42 Å². The first-order chi connectivity index (χ1) is 10.1. The van der Waals surface area contributed by atoms with Crippen LogP contribution in [-0.4, -0.2) is 44.5 Å². The number of guanidine groups is 1. The highest BCUT2D eigenvalue weighted by Crippen LogP contribution is 2.15. The topological polar surface area (TPSA) is 70.6 Å². The number of nitrogens with zero attached hydrogens (tertiary/aromatic N) is 1. The zero-order chi connectivity index (χ0) is 17.2. The van der Waals surface area contributed by atoms with Crippen LogP contribution in [0.4, 0.5) is 0 Å². The standard InChI is InChI=1S/C16H35N3O2S.HI/c1-7-8-9-10-11-14(2)19-15(17-6)18-12-13-22(20,21)16(3,4)5;/h14H,7-13H2,1-6H3,(H2,17,18,19);1H. The van der Waals surface area contributed by atoms with Gasteiger partial charge in [-0.3, -0.25) is 4.99 Å². The van der Waals surface area contributed by atoms with Crippen LogP contribution in [0.2, 0.25) is 0 Å². The average molecular weight is 461 g/mol. The summed E-state index contributed by atoms with van der Waals surface area (Å²) in [6.45, 7) is 9.90. The molecular weight excluding hydrogens is 425 g/mol. The molecule has 1 atom stereocenters. The number of aliphatic imine (C=N–C) groups is 1. The minimum Gasteiger partial charge on any atom is -0.355 e. The summed E-state index contributed by atoms with van der Waals surface area (Å²) >= 11 is 0. The van der Waals surface area contributed by atoms with E-state index in [4.69, 9.17) is 0 Å². The third kappa shape index (κ3) is 11.2. The number of halogens is 1. The van der Waals surface area contributed by atoms with Crippen molar-refractivity contribution in [1.82, 2.24) is 10.6 Å². The molecule has 0 amide bonds. The molecule has 0 radical (unpaired) electrons. The van der Waals surface area contributed by atoms with Crippen molar-refractivity contribution < 1.29 is 8.42 Å². The van der Waals surface area contributed by atoms with Crippen molar-refractivity contribution in [3.63, 3.8) is 0 Å². The number of sulfone groups is 1. The Morgan fingerprint density at radius 2 is 1.78 bits per heavy atom. The summed E-state index contributed by atoms with van der Waals surface area (Å²) in [4.78, 5) is 4.15. The van der Waals surface area contributed by atoms with Gasteiger partial charge in [-0.2, -0.15) is 0 Å². The van der Waals surface area contributed by atoms with E-state index in [-0.39, 0.29) is 29.7 Å². The first-order valence-corrected chi connectivity index (χ1v) is 9.98. The van der Waals surface area contributed by atoms with Gasteiger partial charge in [0.2, 0.25) is 0 Å². The number of rotatable bonds is 9. The second-order valence-electron chi connectivity index (χ2n) is 6.82. The molecule has 0 fully saturated rings. The van der Waals surface area contributed by atoms with E-state index < -0.39 is 14.6 Å². The molecule has 0 saturated carbocycles. The van der Waals surface area contributed by atoms with Crippen molar-refractivity contribution >= 4 is 39.8 Å². The molecule has 0 aliphatic rings. The van der Waals surface area contributed by atoms with Crippen molar-refractivity contribution in [2.75, 3.05) is 19.3 Å². The quantitative estimate of drug-likeness (QED) is 0.239. The molecule has 5 nitrogen and oxygen atoms in total. The van der Waals surface area contributed by atoms with Crippen molar-refractivity contribution in [3.8, 4) is 0 Å². The fraction of sp³-hybridized carbons (Fsp3) is 0.938. The van der Waals surface area contributed by atoms with E-state index in [1.165, 1.54) is 25.7 Å². The maximum atomic E-state index is 12.0. The molecule has 0 aliphatic carbocycles. The fourth-order valence-corrected chi connectivity index (χ4v) is 2.97. The summed E-state index contributed by atoms with van der Waals surface area (Å²) < 4.78 is 23.4. The second kappa shape index (κ2) is 12.3.